The fourth-order valence-corrected chi connectivity index (χ4v) is 0.357. The average Bonchev–Trinajstić information content (AvgIpc) is 1.89. The van der Waals surface area contributed by atoms with Crippen molar-refractivity contribution < 1.29 is 14.6 Å². The van der Waals surface area contributed by atoms with Crippen molar-refractivity contribution >= 4 is 5.97 Å². The van der Waals surface area contributed by atoms with E-state index in [1.165, 1.54) is 12.2 Å². The molecule has 56 valence electrons. The molecule has 0 heterocycles. The summed E-state index contributed by atoms with van der Waals surface area (Å²) in [5, 5.41) is 8.12. The van der Waals surface area contributed by atoms with Gasteiger partial charge in [-0.25, -0.2) is 4.79 Å². The first-order valence-electron chi connectivity index (χ1n) is 2.90. The number of hydrogen-bond donors (Lipinski definition) is 1. The van der Waals surface area contributed by atoms with Gasteiger partial charge in [0.2, 0.25) is 0 Å². The molecule has 0 aromatic carbocycles. The minimum absolute atomic E-state index is 0.111. The zero-order valence-corrected chi connectivity index (χ0v) is 5.78. The second-order valence-electron chi connectivity index (χ2n) is 1.51. The molecule has 0 amide bonds. The van der Waals surface area contributed by atoms with Gasteiger partial charge < -0.3 is 9.84 Å². The lowest BCUT2D eigenvalue weighted by Gasteiger charge is -1.93. The molecule has 3 heteroatoms. The van der Waals surface area contributed by atoms with Crippen LogP contribution in [-0.2, 0) is 9.53 Å². The van der Waals surface area contributed by atoms with Crippen molar-refractivity contribution in [2.24, 2.45) is 0 Å². The first-order chi connectivity index (χ1) is 4.81. The number of carbonyl (C=O) groups is 1. The van der Waals surface area contributed by atoms with Gasteiger partial charge in [0.25, 0.3) is 0 Å². The molecule has 0 bridgehead atoms. The van der Waals surface area contributed by atoms with E-state index >= 15 is 0 Å². The van der Waals surface area contributed by atoms with E-state index in [1.54, 1.807) is 13.0 Å². The summed E-state index contributed by atoms with van der Waals surface area (Å²) < 4.78 is 4.55. The molecule has 0 fully saturated rings. The topological polar surface area (TPSA) is 46.5 Å². The van der Waals surface area contributed by atoms with Crippen LogP contribution in [0.1, 0.15) is 6.92 Å². The largest absolute Gasteiger partial charge is 0.516 e. The fourth-order valence-electron chi connectivity index (χ4n) is 0.357. The highest BCUT2D eigenvalue weighted by Crippen LogP contribution is 1.81. The van der Waals surface area contributed by atoms with Gasteiger partial charge in [-0.2, -0.15) is 0 Å². The lowest BCUT2D eigenvalue weighted by molar-refractivity contribution is -0.136. The van der Waals surface area contributed by atoms with Crippen LogP contribution >= 0.6 is 0 Å². The van der Waals surface area contributed by atoms with Gasteiger partial charge in [-0.15, -0.1) is 0 Å². The molecule has 0 radical (unpaired) electrons. The number of aliphatic hydroxyl groups excluding tert-OH is 1. The first-order valence-corrected chi connectivity index (χ1v) is 2.90. The highest BCUT2D eigenvalue weighted by Gasteiger charge is 1.90. The molecule has 10 heavy (non-hydrogen) atoms. The summed E-state index contributed by atoms with van der Waals surface area (Å²) in [6, 6.07) is 0. The zero-order valence-electron chi connectivity index (χ0n) is 5.78. The smallest absolute Gasteiger partial charge is 0.330 e. The second kappa shape index (κ2) is 5.88. The molecule has 0 aromatic heterocycles. The van der Waals surface area contributed by atoms with Crippen molar-refractivity contribution in [1.82, 2.24) is 0 Å². The van der Waals surface area contributed by atoms with Crippen molar-refractivity contribution in [3.05, 3.63) is 24.5 Å². The Hall–Kier alpha value is -1.25. The van der Waals surface area contributed by atoms with Gasteiger partial charge >= 0.3 is 5.97 Å². The number of ether oxygens (including phenoxy) is 1. The molecular weight excluding hydrogens is 132 g/mol. The molecule has 0 aliphatic carbocycles. The third-order valence-electron chi connectivity index (χ3n) is 0.730. The Morgan fingerprint density at radius 2 is 2.40 bits per heavy atom. The quantitative estimate of drug-likeness (QED) is 0.365. The molecule has 0 atom stereocenters. The van der Waals surface area contributed by atoms with E-state index in [0.29, 0.717) is 0 Å². The van der Waals surface area contributed by atoms with Gasteiger partial charge in [0.05, 0.1) is 6.26 Å². The first kappa shape index (κ1) is 8.75. The van der Waals surface area contributed by atoms with E-state index in [0.717, 1.165) is 6.26 Å². The van der Waals surface area contributed by atoms with Crippen molar-refractivity contribution in [2.45, 2.75) is 6.92 Å². The number of rotatable bonds is 3. The highest BCUT2D eigenvalue weighted by atomic mass is 16.5. The number of aliphatic hydroxyl groups is 1. The summed E-state index contributed by atoms with van der Waals surface area (Å²) >= 11 is 0. The SMILES string of the molecule is CC=CC(=O)OCC=CO. The Balaban J connectivity index is 3.40. The molecular formula is C7H10O3. The number of esters is 1. The lowest BCUT2D eigenvalue weighted by Crippen LogP contribution is -1.99. The van der Waals surface area contributed by atoms with Gasteiger partial charge in [-0.05, 0) is 13.0 Å². The van der Waals surface area contributed by atoms with Crippen molar-refractivity contribution in [3.8, 4) is 0 Å². The Morgan fingerprint density at radius 1 is 1.70 bits per heavy atom. The van der Waals surface area contributed by atoms with Gasteiger partial charge in [0.1, 0.15) is 6.61 Å². The van der Waals surface area contributed by atoms with Crippen LogP contribution < -0.4 is 0 Å². The fraction of sp³-hybridized carbons (Fsp3) is 0.286. The van der Waals surface area contributed by atoms with Crippen LogP contribution in [0.3, 0.4) is 0 Å². The van der Waals surface area contributed by atoms with E-state index in [1.807, 2.05) is 0 Å². The summed E-state index contributed by atoms with van der Waals surface area (Å²) in [6.45, 7) is 1.84. The van der Waals surface area contributed by atoms with E-state index in [2.05, 4.69) is 4.74 Å². The van der Waals surface area contributed by atoms with E-state index in [9.17, 15) is 4.79 Å². The Labute approximate surface area is 59.6 Å². The number of allylic oxidation sites excluding steroid dienone is 1. The molecule has 0 unspecified atom stereocenters. The Bertz CT molecular complexity index is 147. The van der Waals surface area contributed by atoms with Gasteiger partial charge in [0, 0.05) is 6.08 Å². The maximum Gasteiger partial charge on any atom is 0.330 e. The van der Waals surface area contributed by atoms with Gasteiger partial charge in [-0.1, -0.05) is 6.08 Å². The lowest BCUT2D eigenvalue weighted by atomic mass is 10.5. The molecule has 3 nitrogen and oxygen atoms in total. The molecule has 0 rings (SSSR count). The monoisotopic (exact) mass is 142 g/mol. The highest BCUT2D eigenvalue weighted by molar-refractivity contribution is 5.81. The average molecular weight is 142 g/mol. The van der Waals surface area contributed by atoms with E-state index in [-0.39, 0.29) is 6.61 Å². The summed E-state index contributed by atoms with van der Waals surface area (Å²) in [7, 11) is 0. The van der Waals surface area contributed by atoms with Crippen LogP contribution in [0.5, 0.6) is 0 Å². The van der Waals surface area contributed by atoms with Crippen molar-refractivity contribution in [3.63, 3.8) is 0 Å². The van der Waals surface area contributed by atoms with Crippen LogP contribution in [0.4, 0.5) is 0 Å². The van der Waals surface area contributed by atoms with E-state index in [4.69, 9.17) is 5.11 Å². The third-order valence-corrected chi connectivity index (χ3v) is 0.730. The maximum atomic E-state index is 10.5. The number of hydrogen-bond acceptors (Lipinski definition) is 3. The maximum absolute atomic E-state index is 10.5. The predicted molar refractivity (Wildman–Crippen MR) is 37.5 cm³/mol. The van der Waals surface area contributed by atoms with Crippen LogP contribution in [0, 0.1) is 0 Å². The van der Waals surface area contributed by atoms with Crippen LogP contribution in [-0.4, -0.2) is 17.7 Å². The van der Waals surface area contributed by atoms with Gasteiger partial charge in [-0.3, -0.25) is 0 Å². The zero-order chi connectivity index (χ0) is 7.82. The van der Waals surface area contributed by atoms with Crippen LogP contribution in [0.2, 0.25) is 0 Å². The summed E-state index contributed by atoms with van der Waals surface area (Å²) in [5.74, 6) is -0.402. The standard InChI is InChI=1S/C7H10O3/c1-2-4-7(9)10-6-3-5-8/h2-5,8H,6H2,1H3. The normalized spacial score (nSPS) is 10.9. The number of carbonyl (C=O) groups excluding carboxylic acids is 1. The molecule has 0 aliphatic heterocycles. The van der Waals surface area contributed by atoms with Crippen LogP contribution in [0.15, 0.2) is 24.5 Å². The molecule has 1 N–H and O–H groups in total. The minimum atomic E-state index is -0.402. The van der Waals surface area contributed by atoms with Gasteiger partial charge in [0.15, 0.2) is 0 Å². The predicted octanol–water partition coefficient (Wildman–Crippen LogP) is 1.18. The molecule has 0 aliphatic rings. The second-order valence-corrected chi connectivity index (χ2v) is 1.51. The molecule has 0 spiro atoms. The Morgan fingerprint density at radius 3 is 2.90 bits per heavy atom. The minimum Gasteiger partial charge on any atom is -0.516 e. The Kier molecular flexibility index (Phi) is 5.14. The van der Waals surface area contributed by atoms with E-state index < -0.39 is 5.97 Å². The molecule has 0 saturated heterocycles. The molecule has 0 saturated carbocycles. The third kappa shape index (κ3) is 4.90. The van der Waals surface area contributed by atoms with Crippen molar-refractivity contribution in [2.75, 3.05) is 6.61 Å². The van der Waals surface area contributed by atoms with Crippen LogP contribution in [0.25, 0.3) is 0 Å². The van der Waals surface area contributed by atoms with Crippen molar-refractivity contribution in [1.29, 1.82) is 0 Å². The summed E-state index contributed by atoms with van der Waals surface area (Å²) in [6.07, 6.45) is 5.07. The summed E-state index contributed by atoms with van der Waals surface area (Å²) in [4.78, 5) is 10.5. The summed E-state index contributed by atoms with van der Waals surface area (Å²) in [5.41, 5.74) is 0. The molecule has 0 aromatic rings.